The van der Waals surface area contributed by atoms with Crippen LogP contribution in [-0.4, -0.2) is 65.6 Å². The molecule has 40 heavy (non-hydrogen) atoms. The molecule has 2 aromatic rings. The van der Waals surface area contributed by atoms with Gasteiger partial charge in [0.25, 0.3) is 0 Å². The number of amides is 4. The number of hydrogen-bond donors (Lipinski definition) is 4. The van der Waals surface area contributed by atoms with Crippen LogP contribution in [0.1, 0.15) is 48.8 Å². The van der Waals surface area contributed by atoms with Gasteiger partial charge in [-0.05, 0) is 73.8 Å². The van der Waals surface area contributed by atoms with Crippen LogP contribution in [0.5, 0.6) is 5.75 Å². The summed E-state index contributed by atoms with van der Waals surface area (Å²) in [7, 11) is 0. The van der Waals surface area contributed by atoms with Crippen LogP contribution in [0.4, 0.5) is 4.79 Å². The number of carbonyl (C=O) groups excluding carboxylic acids is 3. The van der Waals surface area contributed by atoms with Crippen LogP contribution in [0, 0.1) is 12.8 Å². The molecule has 1 saturated heterocycles. The van der Waals surface area contributed by atoms with E-state index < -0.39 is 30.0 Å². The van der Waals surface area contributed by atoms with Gasteiger partial charge in [-0.3, -0.25) is 14.4 Å². The van der Waals surface area contributed by atoms with Gasteiger partial charge in [-0.15, -0.1) is 0 Å². The van der Waals surface area contributed by atoms with Gasteiger partial charge in [0.1, 0.15) is 17.8 Å². The van der Waals surface area contributed by atoms with E-state index in [0.717, 1.165) is 41.7 Å². The minimum atomic E-state index is -1.41. The minimum Gasteiger partial charge on any atom is -0.494 e. The second-order valence-corrected chi connectivity index (χ2v) is 10.6. The van der Waals surface area contributed by atoms with Crippen LogP contribution in [0.3, 0.4) is 0 Å². The van der Waals surface area contributed by atoms with E-state index >= 15 is 0 Å². The average Bonchev–Trinajstić information content (AvgIpc) is 2.94. The summed E-state index contributed by atoms with van der Waals surface area (Å²) in [4.78, 5) is 53.1. The maximum atomic E-state index is 13.3. The van der Waals surface area contributed by atoms with Gasteiger partial charge < -0.3 is 30.7 Å². The molecular weight excluding hydrogens is 512 g/mol. The zero-order valence-corrected chi connectivity index (χ0v) is 22.9. The minimum absolute atomic E-state index is 0.243. The van der Waals surface area contributed by atoms with Crippen molar-refractivity contribution < 1.29 is 29.0 Å². The van der Waals surface area contributed by atoms with Gasteiger partial charge in [0.15, 0.2) is 0 Å². The van der Waals surface area contributed by atoms with E-state index in [0.29, 0.717) is 32.5 Å². The highest BCUT2D eigenvalue weighted by Crippen LogP contribution is 2.23. The Hall–Kier alpha value is -4.08. The summed E-state index contributed by atoms with van der Waals surface area (Å²) in [6.45, 7) is 3.79. The van der Waals surface area contributed by atoms with E-state index in [9.17, 15) is 24.3 Å². The monoisotopic (exact) mass is 550 g/mol. The molecule has 0 spiro atoms. The van der Waals surface area contributed by atoms with Crippen molar-refractivity contribution in [1.29, 1.82) is 0 Å². The van der Waals surface area contributed by atoms with Crippen molar-refractivity contribution >= 4 is 23.8 Å². The van der Waals surface area contributed by atoms with Crippen LogP contribution in [0.15, 0.2) is 48.5 Å². The molecule has 2 aliphatic heterocycles. The van der Waals surface area contributed by atoms with Gasteiger partial charge in [0.2, 0.25) is 17.7 Å². The van der Waals surface area contributed by atoms with Crippen molar-refractivity contribution in [3.63, 3.8) is 0 Å². The van der Waals surface area contributed by atoms with E-state index in [2.05, 4.69) is 16.0 Å². The Morgan fingerprint density at radius 1 is 1.10 bits per heavy atom. The number of ether oxygens (including phenoxy) is 1. The van der Waals surface area contributed by atoms with Gasteiger partial charge >= 0.3 is 6.09 Å². The van der Waals surface area contributed by atoms with Crippen molar-refractivity contribution in [3.05, 3.63) is 65.2 Å². The van der Waals surface area contributed by atoms with Crippen LogP contribution in [0.2, 0.25) is 0 Å². The molecule has 214 valence electrons. The Morgan fingerprint density at radius 2 is 1.90 bits per heavy atom. The molecule has 4 bridgehead atoms. The Balaban J connectivity index is 1.59. The molecule has 10 heteroatoms. The standard InChI is InChI=1S/C30H38N4O6/c1-20-9-11-24-16-23(20)18-31-28(36)25(12-10-21-6-3-2-4-7-21)32-29(37)26(33-30(38)39)17-27(35)34-14-5-8-22(19-34)13-15-40-24/h2-4,6-7,9,11,16,22,25-26,33H,5,8,10,12-15,17-19H2,1H3,(H,31,36)(H,32,37)(H,38,39)/t22?,25?,26-/m0/s1. The van der Waals surface area contributed by atoms with E-state index in [1.165, 1.54) is 0 Å². The van der Waals surface area contributed by atoms with Crippen LogP contribution in [-0.2, 0) is 27.3 Å². The van der Waals surface area contributed by atoms with Crippen molar-refractivity contribution in [2.45, 2.75) is 64.1 Å². The Morgan fingerprint density at radius 3 is 2.67 bits per heavy atom. The van der Waals surface area contributed by atoms with Gasteiger partial charge in [-0.1, -0.05) is 36.4 Å². The summed E-state index contributed by atoms with van der Waals surface area (Å²) < 4.78 is 6.03. The predicted octanol–water partition coefficient (Wildman–Crippen LogP) is 2.78. The maximum Gasteiger partial charge on any atom is 0.405 e. The average molecular weight is 551 g/mol. The molecule has 0 aliphatic carbocycles. The molecule has 2 aromatic carbocycles. The molecule has 4 N–H and O–H groups in total. The zero-order chi connectivity index (χ0) is 28.5. The molecule has 0 saturated carbocycles. The summed E-state index contributed by atoms with van der Waals surface area (Å²) in [5, 5.41) is 17.2. The summed E-state index contributed by atoms with van der Waals surface area (Å²) in [5.74, 6) is -0.422. The molecule has 4 amide bonds. The third-order valence-electron chi connectivity index (χ3n) is 7.63. The smallest absolute Gasteiger partial charge is 0.405 e. The van der Waals surface area contributed by atoms with Gasteiger partial charge in [-0.2, -0.15) is 0 Å². The molecular formula is C30H38N4O6. The lowest BCUT2D eigenvalue weighted by Gasteiger charge is -2.33. The number of nitrogens with one attached hydrogen (secondary N) is 3. The van der Waals surface area contributed by atoms with E-state index in [-0.39, 0.29) is 24.8 Å². The fraction of sp³-hybridized carbons (Fsp3) is 0.467. The molecule has 0 radical (unpaired) electrons. The first-order chi connectivity index (χ1) is 19.3. The van der Waals surface area contributed by atoms with E-state index in [1.54, 1.807) is 4.90 Å². The fourth-order valence-corrected chi connectivity index (χ4v) is 5.26. The first-order valence-corrected chi connectivity index (χ1v) is 13.9. The van der Waals surface area contributed by atoms with Crippen molar-refractivity contribution in [2.75, 3.05) is 19.7 Å². The molecule has 10 nitrogen and oxygen atoms in total. The third-order valence-corrected chi connectivity index (χ3v) is 7.63. The van der Waals surface area contributed by atoms with E-state index in [1.807, 2.05) is 55.5 Å². The highest BCUT2D eigenvalue weighted by molar-refractivity contribution is 5.94. The predicted molar refractivity (Wildman–Crippen MR) is 149 cm³/mol. The summed E-state index contributed by atoms with van der Waals surface area (Å²) in [6.07, 6.45) is 1.65. The molecule has 4 rings (SSSR count). The van der Waals surface area contributed by atoms with Crippen LogP contribution in [0.25, 0.3) is 0 Å². The lowest BCUT2D eigenvalue weighted by atomic mass is 9.94. The fourth-order valence-electron chi connectivity index (χ4n) is 5.26. The third kappa shape index (κ3) is 8.21. The molecule has 2 heterocycles. The summed E-state index contributed by atoms with van der Waals surface area (Å²) in [5.41, 5.74) is 2.90. The maximum absolute atomic E-state index is 13.3. The lowest BCUT2D eigenvalue weighted by molar-refractivity contribution is -0.137. The lowest BCUT2D eigenvalue weighted by Crippen LogP contribution is -2.55. The molecule has 3 atom stereocenters. The Labute approximate surface area is 234 Å². The van der Waals surface area contributed by atoms with Gasteiger partial charge in [-0.25, -0.2) is 4.79 Å². The SMILES string of the molecule is Cc1ccc2cc1CNC(=O)C(CCc1ccccc1)NC(=O)[C@@H](NC(=O)O)CC(=O)N1CCCC(CCO2)C1. The number of hydrogen-bond acceptors (Lipinski definition) is 5. The summed E-state index contributed by atoms with van der Waals surface area (Å²) >= 11 is 0. The molecule has 2 unspecified atom stereocenters. The second-order valence-electron chi connectivity index (χ2n) is 10.6. The normalized spacial score (nSPS) is 22.7. The number of nitrogens with zero attached hydrogens (tertiary/aromatic N) is 1. The first kappa shape index (κ1) is 28.9. The van der Waals surface area contributed by atoms with Crippen molar-refractivity contribution in [2.24, 2.45) is 5.92 Å². The Bertz CT molecular complexity index is 1200. The van der Waals surface area contributed by atoms with Gasteiger partial charge in [0, 0.05) is 19.6 Å². The number of aryl methyl sites for hydroxylation is 2. The molecule has 2 aliphatic rings. The summed E-state index contributed by atoms with van der Waals surface area (Å²) in [6, 6.07) is 13.1. The number of fused-ring (bicyclic) bond motifs is 4. The van der Waals surface area contributed by atoms with Crippen molar-refractivity contribution in [3.8, 4) is 5.75 Å². The second kappa shape index (κ2) is 13.8. The highest BCUT2D eigenvalue weighted by atomic mass is 16.5. The number of rotatable bonds is 4. The number of piperidine rings is 1. The van der Waals surface area contributed by atoms with E-state index in [4.69, 9.17) is 4.74 Å². The highest BCUT2D eigenvalue weighted by Gasteiger charge is 2.31. The van der Waals surface area contributed by atoms with Gasteiger partial charge in [0.05, 0.1) is 13.0 Å². The number of carbonyl (C=O) groups is 4. The number of carboxylic acid groups (broad SMARTS) is 1. The zero-order valence-electron chi connectivity index (χ0n) is 22.9. The number of benzene rings is 2. The van der Waals surface area contributed by atoms with Crippen LogP contribution < -0.4 is 20.7 Å². The quantitative estimate of drug-likeness (QED) is 0.462. The van der Waals surface area contributed by atoms with Crippen molar-refractivity contribution in [1.82, 2.24) is 20.9 Å². The topological polar surface area (TPSA) is 137 Å². The Kier molecular flexibility index (Phi) is 9.99. The largest absolute Gasteiger partial charge is 0.494 e. The van der Waals surface area contributed by atoms with Crippen LogP contribution >= 0.6 is 0 Å². The molecule has 1 fully saturated rings. The first-order valence-electron chi connectivity index (χ1n) is 13.9. The molecule has 0 aromatic heterocycles.